The molecular weight excluding hydrogens is 1330 g/mol. The van der Waals surface area contributed by atoms with E-state index in [0.717, 1.165) is 103 Å². The first-order valence-electron chi connectivity index (χ1n) is 43.3. The molecular formula is C83H162O17P2. The van der Waals surface area contributed by atoms with E-state index in [1.165, 1.54) is 270 Å². The number of ether oxygens (including phenoxy) is 4. The van der Waals surface area contributed by atoms with E-state index in [-0.39, 0.29) is 25.7 Å². The SMILES string of the molecule is CCCCCCCCCCCCCCCCCCCCCCCCC(=O)O[C@H](COC(=O)CCCCCCCCCCCCCCCCCCC)COP(=O)(O)OC[C@@H](O)COP(=O)(O)OC[C@@H](COC(=O)CCCCCCCCC)OC(=O)CCCCCCCCCCCCCCCCCC. The number of rotatable bonds is 84. The summed E-state index contributed by atoms with van der Waals surface area (Å²) in [5, 5.41) is 10.6. The van der Waals surface area contributed by atoms with Crippen molar-refractivity contribution in [3.05, 3.63) is 0 Å². The second kappa shape index (κ2) is 77.2. The van der Waals surface area contributed by atoms with Crippen molar-refractivity contribution in [2.75, 3.05) is 39.6 Å². The van der Waals surface area contributed by atoms with E-state index in [0.29, 0.717) is 25.7 Å². The van der Waals surface area contributed by atoms with E-state index in [1.807, 2.05) is 0 Å². The lowest BCUT2D eigenvalue weighted by molar-refractivity contribution is -0.161. The van der Waals surface area contributed by atoms with Gasteiger partial charge in [-0.3, -0.25) is 37.3 Å². The zero-order valence-corrected chi connectivity index (χ0v) is 68.4. The lowest BCUT2D eigenvalue weighted by atomic mass is 10.0. The number of hydrogen-bond donors (Lipinski definition) is 3. The van der Waals surface area contributed by atoms with E-state index >= 15 is 0 Å². The first-order chi connectivity index (χ1) is 49.7. The van der Waals surface area contributed by atoms with Gasteiger partial charge in [-0.05, 0) is 25.7 Å². The van der Waals surface area contributed by atoms with Gasteiger partial charge in [0.25, 0.3) is 0 Å². The van der Waals surface area contributed by atoms with Gasteiger partial charge in [0.15, 0.2) is 12.2 Å². The summed E-state index contributed by atoms with van der Waals surface area (Å²) in [6.45, 7) is 5.00. The van der Waals surface area contributed by atoms with Crippen LogP contribution in [0, 0.1) is 0 Å². The van der Waals surface area contributed by atoms with Gasteiger partial charge in [0, 0.05) is 25.7 Å². The van der Waals surface area contributed by atoms with Crippen LogP contribution in [0.25, 0.3) is 0 Å². The Bertz CT molecular complexity index is 1930. The molecule has 0 radical (unpaired) electrons. The second-order valence-corrected chi connectivity index (χ2v) is 32.8. The van der Waals surface area contributed by atoms with Crippen LogP contribution in [0.3, 0.4) is 0 Å². The molecule has 2 unspecified atom stereocenters. The molecule has 19 heteroatoms. The molecule has 0 heterocycles. The van der Waals surface area contributed by atoms with Crippen LogP contribution in [0.2, 0.25) is 0 Å². The molecule has 606 valence electrons. The zero-order chi connectivity index (χ0) is 74.6. The lowest BCUT2D eigenvalue weighted by Gasteiger charge is -2.21. The first-order valence-corrected chi connectivity index (χ1v) is 46.3. The summed E-state index contributed by atoms with van der Waals surface area (Å²) in [4.78, 5) is 72.9. The fraction of sp³-hybridized carbons (Fsp3) is 0.952. The van der Waals surface area contributed by atoms with Crippen molar-refractivity contribution >= 4 is 39.5 Å². The largest absolute Gasteiger partial charge is 0.472 e. The second-order valence-electron chi connectivity index (χ2n) is 29.9. The molecule has 0 aromatic rings. The Labute approximate surface area is 626 Å². The summed E-state index contributed by atoms with van der Waals surface area (Å²) in [7, 11) is -9.91. The van der Waals surface area contributed by atoms with E-state index < -0.39 is 97.5 Å². The maximum atomic E-state index is 13.1. The van der Waals surface area contributed by atoms with Crippen molar-refractivity contribution in [3.63, 3.8) is 0 Å². The van der Waals surface area contributed by atoms with Crippen molar-refractivity contribution in [1.82, 2.24) is 0 Å². The van der Waals surface area contributed by atoms with Crippen LogP contribution in [-0.2, 0) is 65.4 Å². The van der Waals surface area contributed by atoms with Crippen LogP contribution in [0.4, 0.5) is 0 Å². The minimum atomic E-state index is -4.96. The molecule has 0 spiro atoms. The van der Waals surface area contributed by atoms with Gasteiger partial charge in [0.05, 0.1) is 26.4 Å². The van der Waals surface area contributed by atoms with Crippen molar-refractivity contribution in [1.29, 1.82) is 0 Å². The fourth-order valence-electron chi connectivity index (χ4n) is 13.0. The molecule has 0 saturated carbocycles. The maximum absolute atomic E-state index is 13.1. The van der Waals surface area contributed by atoms with Gasteiger partial charge in [-0.1, -0.05) is 400 Å². The number of aliphatic hydroxyl groups excluding tert-OH is 1. The highest BCUT2D eigenvalue weighted by Crippen LogP contribution is 2.45. The molecule has 0 fully saturated rings. The summed E-state index contributed by atoms with van der Waals surface area (Å²) >= 11 is 0. The van der Waals surface area contributed by atoms with Crippen LogP contribution in [0.5, 0.6) is 0 Å². The Balaban J connectivity index is 5.15. The van der Waals surface area contributed by atoms with Crippen molar-refractivity contribution in [3.8, 4) is 0 Å². The van der Waals surface area contributed by atoms with Crippen LogP contribution in [0.1, 0.15) is 451 Å². The van der Waals surface area contributed by atoms with E-state index in [2.05, 4.69) is 27.7 Å². The van der Waals surface area contributed by atoms with Crippen LogP contribution in [-0.4, -0.2) is 96.7 Å². The highest BCUT2D eigenvalue weighted by molar-refractivity contribution is 7.47. The minimum absolute atomic E-state index is 0.109. The van der Waals surface area contributed by atoms with Crippen molar-refractivity contribution in [2.24, 2.45) is 0 Å². The number of aliphatic hydroxyl groups is 1. The monoisotopic (exact) mass is 1490 g/mol. The zero-order valence-electron chi connectivity index (χ0n) is 66.6. The van der Waals surface area contributed by atoms with Gasteiger partial charge in [-0.2, -0.15) is 0 Å². The van der Waals surface area contributed by atoms with E-state index in [1.54, 1.807) is 0 Å². The van der Waals surface area contributed by atoms with Crippen molar-refractivity contribution in [2.45, 2.75) is 470 Å². The summed E-state index contributed by atoms with van der Waals surface area (Å²) in [5.41, 5.74) is 0. The Morgan fingerprint density at radius 1 is 0.235 bits per heavy atom. The third-order valence-corrected chi connectivity index (χ3v) is 21.5. The lowest BCUT2D eigenvalue weighted by Crippen LogP contribution is -2.30. The van der Waals surface area contributed by atoms with Gasteiger partial charge in [0.2, 0.25) is 0 Å². The average molecular weight is 1490 g/mol. The summed E-state index contributed by atoms with van der Waals surface area (Å²) < 4.78 is 68.7. The molecule has 0 aliphatic heterocycles. The van der Waals surface area contributed by atoms with Crippen molar-refractivity contribution < 1.29 is 80.2 Å². The van der Waals surface area contributed by atoms with Gasteiger partial charge in [0.1, 0.15) is 19.3 Å². The summed E-state index contributed by atoms with van der Waals surface area (Å²) in [6.07, 6.45) is 71.1. The minimum Gasteiger partial charge on any atom is -0.462 e. The Hall–Kier alpha value is -1.94. The Morgan fingerprint density at radius 2 is 0.392 bits per heavy atom. The molecule has 0 aliphatic carbocycles. The molecule has 3 N–H and O–H groups in total. The van der Waals surface area contributed by atoms with Gasteiger partial charge in [-0.15, -0.1) is 0 Å². The molecule has 0 rings (SSSR count). The van der Waals surface area contributed by atoms with Crippen LogP contribution >= 0.6 is 15.6 Å². The number of carbonyl (C=O) groups excluding carboxylic acids is 4. The quantitative estimate of drug-likeness (QED) is 0.0222. The highest BCUT2D eigenvalue weighted by atomic mass is 31.2. The summed E-state index contributed by atoms with van der Waals surface area (Å²) in [6, 6.07) is 0. The van der Waals surface area contributed by atoms with Crippen LogP contribution in [0.15, 0.2) is 0 Å². The highest BCUT2D eigenvalue weighted by Gasteiger charge is 2.30. The molecule has 0 aromatic heterocycles. The van der Waals surface area contributed by atoms with E-state index in [9.17, 15) is 43.2 Å². The molecule has 0 aromatic carbocycles. The fourth-order valence-corrected chi connectivity index (χ4v) is 14.6. The molecule has 102 heavy (non-hydrogen) atoms. The van der Waals surface area contributed by atoms with Gasteiger partial charge in [-0.25, -0.2) is 9.13 Å². The number of carbonyl (C=O) groups is 4. The van der Waals surface area contributed by atoms with E-state index in [4.69, 9.17) is 37.0 Å². The Morgan fingerprint density at radius 3 is 0.578 bits per heavy atom. The molecule has 5 atom stereocenters. The number of phosphoric ester groups is 2. The van der Waals surface area contributed by atoms with Gasteiger partial charge >= 0.3 is 39.5 Å². The number of phosphoric acid groups is 2. The predicted molar refractivity (Wildman–Crippen MR) is 419 cm³/mol. The third-order valence-electron chi connectivity index (χ3n) is 19.6. The molecule has 17 nitrogen and oxygen atoms in total. The Kier molecular flexibility index (Phi) is 75.8. The smallest absolute Gasteiger partial charge is 0.462 e. The standard InChI is InChI=1S/C83H162O17P2/c1-5-9-13-17-21-24-27-30-33-36-37-38-39-40-42-45-48-51-54-58-62-66-70-83(88)100-79(74-94-81(86)68-64-60-56-52-49-46-44-41-34-31-28-25-22-18-14-10-6-2)76-98-102(91,92)96-72-77(84)71-95-101(89,90)97-75-78(73-93-80(85)67-63-59-55-20-16-12-8-4)99-82(87)69-65-61-57-53-50-47-43-35-32-29-26-23-19-15-11-7-3/h77-79,84H,5-76H2,1-4H3,(H,89,90)(H,91,92)/t77-,78+,79+/m0/s1. The molecule has 0 aliphatic rings. The van der Waals surface area contributed by atoms with Gasteiger partial charge < -0.3 is 33.8 Å². The normalized spacial score (nSPS) is 13.8. The topological polar surface area (TPSA) is 237 Å². The third kappa shape index (κ3) is 76.3. The number of esters is 4. The number of hydrogen-bond acceptors (Lipinski definition) is 15. The predicted octanol–water partition coefficient (Wildman–Crippen LogP) is 25.4. The number of unbranched alkanes of at least 4 members (excludes halogenated alkanes) is 58. The first kappa shape index (κ1) is 100. The molecule has 0 amide bonds. The molecule has 0 bridgehead atoms. The summed E-state index contributed by atoms with van der Waals surface area (Å²) in [5.74, 6) is -2.11. The molecule has 0 saturated heterocycles. The van der Waals surface area contributed by atoms with Crippen LogP contribution < -0.4 is 0 Å². The maximum Gasteiger partial charge on any atom is 0.472 e. The average Bonchev–Trinajstić information content (AvgIpc) is 0.968.